The third-order valence-electron chi connectivity index (χ3n) is 3.02. The van der Waals surface area contributed by atoms with Gasteiger partial charge in [0.1, 0.15) is 6.04 Å². The second-order valence-electron chi connectivity index (χ2n) is 5.19. The summed E-state index contributed by atoms with van der Waals surface area (Å²) >= 11 is 0. The summed E-state index contributed by atoms with van der Waals surface area (Å²) in [4.78, 5) is 33.2. The number of nitrogens with zero attached hydrogens (tertiary/aromatic N) is 1. The fourth-order valence-electron chi connectivity index (χ4n) is 1.86. The average Bonchev–Trinajstić information content (AvgIpc) is 2.42. The lowest BCUT2D eigenvalue weighted by molar-refractivity contribution is -0.385. The molecule has 0 unspecified atom stereocenters. The molecule has 0 aliphatic heterocycles. The van der Waals surface area contributed by atoms with Gasteiger partial charge in [0.15, 0.2) is 0 Å². The van der Waals surface area contributed by atoms with Crippen molar-refractivity contribution in [1.82, 2.24) is 10.6 Å². The van der Waals surface area contributed by atoms with Gasteiger partial charge >= 0.3 is 0 Å². The van der Waals surface area contributed by atoms with Gasteiger partial charge in [0.05, 0.1) is 4.92 Å². The number of hydrogen-bond donors (Lipinski definition) is 2. The van der Waals surface area contributed by atoms with Crippen LogP contribution >= 0.6 is 0 Å². The van der Waals surface area contributed by atoms with Crippen LogP contribution in [0.2, 0.25) is 0 Å². The van der Waals surface area contributed by atoms with Gasteiger partial charge < -0.3 is 15.7 Å². The topological polar surface area (TPSA) is 124 Å². The molecule has 0 radical (unpaired) electrons. The number of rotatable bonds is 6. The van der Waals surface area contributed by atoms with Gasteiger partial charge in [-0.3, -0.25) is 19.7 Å². The molecule has 1 aromatic carbocycles. The smallest absolute Gasteiger partial charge is 0.269 e. The van der Waals surface area contributed by atoms with Crippen molar-refractivity contribution in [3.63, 3.8) is 0 Å². The molecule has 0 saturated carbocycles. The summed E-state index contributed by atoms with van der Waals surface area (Å²) in [5, 5.41) is 27.4. The number of amides is 2. The number of nitrogens with one attached hydrogen (secondary N) is 2. The van der Waals surface area contributed by atoms with E-state index in [0.717, 1.165) is 18.2 Å². The van der Waals surface area contributed by atoms with Crippen LogP contribution in [0, 0.1) is 16.0 Å². The Morgan fingerprint density at radius 2 is 1.95 bits per heavy atom. The van der Waals surface area contributed by atoms with Crippen molar-refractivity contribution < 1.29 is 19.6 Å². The van der Waals surface area contributed by atoms with Gasteiger partial charge in [-0.05, 0) is 11.5 Å². The number of hydrogen-bond acceptors (Lipinski definition) is 5. The summed E-state index contributed by atoms with van der Waals surface area (Å²) in [5.41, 5.74) is -0.0981. The van der Waals surface area contributed by atoms with Gasteiger partial charge in [-0.2, -0.15) is 0 Å². The van der Waals surface area contributed by atoms with E-state index in [0.29, 0.717) is 0 Å². The first kappa shape index (κ1) is 17.4. The van der Waals surface area contributed by atoms with Crippen molar-refractivity contribution in [1.29, 1.82) is 0 Å². The highest BCUT2D eigenvalue weighted by atomic mass is 16.6. The SMILES string of the molecule is CC(=O)N[C@H](C(=O)NCc1cc([N+](=O)[O-])ccc1[O-])C(C)C. The average molecular weight is 308 g/mol. The predicted molar refractivity (Wildman–Crippen MR) is 76.8 cm³/mol. The molecule has 1 rings (SSSR count). The van der Waals surface area contributed by atoms with Crippen LogP contribution in [-0.4, -0.2) is 22.8 Å². The van der Waals surface area contributed by atoms with E-state index in [2.05, 4.69) is 10.6 Å². The molecule has 120 valence electrons. The van der Waals surface area contributed by atoms with E-state index in [1.165, 1.54) is 6.92 Å². The molecule has 8 nitrogen and oxygen atoms in total. The van der Waals surface area contributed by atoms with E-state index in [-0.39, 0.29) is 29.6 Å². The van der Waals surface area contributed by atoms with Crippen molar-refractivity contribution in [2.45, 2.75) is 33.4 Å². The number of nitro groups is 1. The first-order valence-electron chi connectivity index (χ1n) is 6.71. The Morgan fingerprint density at radius 1 is 1.32 bits per heavy atom. The zero-order valence-corrected chi connectivity index (χ0v) is 12.6. The molecule has 0 heterocycles. The summed E-state index contributed by atoms with van der Waals surface area (Å²) in [5.74, 6) is -1.32. The molecule has 0 fully saturated rings. The Morgan fingerprint density at radius 3 is 2.45 bits per heavy atom. The first-order chi connectivity index (χ1) is 10.2. The van der Waals surface area contributed by atoms with Crippen molar-refractivity contribution in [3.8, 4) is 5.75 Å². The molecule has 2 amide bonds. The monoisotopic (exact) mass is 308 g/mol. The Bertz CT molecular complexity index is 586. The molecule has 0 bridgehead atoms. The first-order valence-corrected chi connectivity index (χ1v) is 6.71. The fourth-order valence-corrected chi connectivity index (χ4v) is 1.86. The molecular formula is C14H18N3O5-. The van der Waals surface area contributed by atoms with Crippen LogP contribution in [-0.2, 0) is 16.1 Å². The summed E-state index contributed by atoms with van der Waals surface area (Å²) < 4.78 is 0. The lowest BCUT2D eigenvalue weighted by Gasteiger charge is -2.21. The van der Waals surface area contributed by atoms with Crippen molar-refractivity contribution in [2.24, 2.45) is 5.92 Å². The van der Waals surface area contributed by atoms with Gasteiger partial charge in [-0.25, -0.2) is 0 Å². The predicted octanol–water partition coefficient (Wildman–Crippen LogP) is 0.445. The molecular weight excluding hydrogens is 290 g/mol. The minimum absolute atomic E-state index is 0.118. The second-order valence-corrected chi connectivity index (χ2v) is 5.19. The minimum atomic E-state index is -0.730. The van der Waals surface area contributed by atoms with Gasteiger partial charge in [-0.1, -0.05) is 19.9 Å². The molecule has 1 aromatic rings. The molecule has 2 N–H and O–H groups in total. The van der Waals surface area contributed by atoms with Crippen LogP contribution in [0.5, 0.6) is 5.75 Å². The largest absolute Gasteiger partial charge is 0.872 e. The number of non-ortho nitro benzene ring substituents is 1. The van der Waals surface area contributed by atoms with E-state index < -0.39 is 22.6 Å². The van der Waals surface area contributed by atoms with Gasteiger partial charge in [0.2, 0.25) is 11.8 Å². The number of benzene rings is 1. The number of nitro benzene ring substituents is 1. The van der Waals surface area contributed by atoms with Crippen molar-refractivity contribution in [2.75, 3.05) is 0 Å². The van der Waals surface area contributed by atoms with E-state index >= 15 is 0 Å². The summed E-state index contributed by atoms with van der Waals surface area (Å²) in [7, 11) is 0. The molecule has 8 heteroatoms. The third-order valence-corrected chi connectivity index (χ3v) is 3.02. The molecule has 0 saturated heterocycles. The minimum Gasteiger partial charge on any atom is -0.872 e. The quantitative estimate of drug-likeness (QED) is 0.583. The van der Waals surface area contributed by atoms with Crippen LogP contribution in [0.15, 0.2) is 18.2 Å². The third kappa shape index (κ3) is 4.72. The van der Waals surface area contributed by atoms with Gasteiger partial charge in [-0.15, -0.1) is 5.75 Å². The molecule has 0 aromatic heterocycles. The van der Waals surface area contributed by atoms with E-state index in [4.69, 9.17) is 0 Å². The van der Waals surface area contributed by atoms with Crippen LogP contribution in [0.3, 0.4) is 0 Å². The maximum absolute atomic E-state index is 12.1. The Labute approximate surface area is 127 Å². The zero-order valence-electron chi connectivity index (χ0n) is 12.6. The molecule has 0 aliphatic carbocycles. The van der Waals surface area contributed by atoms with E-state index in [9.17, 15) is 24.8 Å². The van der Waals surface area contributed by atoms with Crippen LogP contribution in [0.25, 0.3) is 0 Å². The van der Waals surface area contributed by atoms with Crippen LogP contribution < -0.4 is 15.7 Å². The van der Waals surface area contributed by atoms with Crippen LogP contribution in [0.4, 0.5) is 5.69 Å². The summed E-state index contributed by atoms with van der Waals surface area (Å²) in [6.45, 7) is 4.71. The molecule has 0 spiro atoms. The van der Waals surface area contributed by atoms with Gasteiger partial charge in [0, 0.05) is 25.6 Å². The van der Waals surface area contributed by atoms with Crippen molar-refractivity contribution in [3.05, 3.63) is 33.9 Å². The normalized spacial score (nSPS) is 11.8. The highest BCUT2D eigenvalue weighted by molar-refractivity contribution is 5.87. The zero-order chi connectivity index (χ0) is 16.9. The van der Waals surface area contributed by atoms with Crippen molar-refractivity contribution >= 4 is 17.5 Å². The second kappa shape index (κ2) is 7.39. The Balaban J connectivity index is 2.80. The maximum Gasteiger partial charge on any atom is 0.269 e. The highest BCUT2D eigenvalue weighted by Crippen LogP contribution is 2.20. The lowest BCUT2D eigenvalue weighted by atomic mass is 10.0. The molecule has 22 heavy (non-hydrogen) atoms. The Kier molecular flexibility index (Phi) is 5.85. The standard InChI is InChI=1S/C14H19N3O5/c1-8(2)13(16-9(3)18)14(20)15-7-10-6-11(17(21)22)4-5-12(10)19/h4-6,8,13,19H,7H2,1-3H3,(H,15,20)(H,16,18)/p-1/t13-/m0/s1. The lowest BCUT2D eigenvalue weighted by Crippen LogP contribution is -2.48. The summed E-state index contributed by atoms with van der Waals surface area (Å²) in [6, 6.07) is 2.60. The fraction of sp³-hybridized carbons (Fsp3) is 0.429. The number of carbonyl (C=O) groups is 2. The molecule has 0 aliphatic rings. The highest BCUT2D eigenvalue weighted by Gasteiger charge is 2.22. The van der Waals surface area contributed by atoms with E-state index in [1.807, 2.05) is 0 Å². The molecule has 1 atom stereocenters. The van der Waals surface area contributed by atoms with Crippen LogP contribution in [0.1, 0.15) is 26.3 Å². The maximum atomic E-state index is 12.1. The van der Waals surface area contributed by atoms with Gasteiger partial charge in [0.25, 0.3) is 5.69 Å². The Hall–Kier alpha value is -2.64. The van der Waals surface area contributed by atoms with E-state index in [1.54, 1.807) is 13.8 Å². The summed E-state index contributed by atoms with van der Waals surface area (Å²) in [6.07, 6.45) is 0. The number of carbonyl (C=O) groups excluding carboxylic acids is 2.